The van der Waals surface area contributed by atoms with Gasteiger partial charge in [-0.3, -0.25) is 24.4 Å². The molecular weight excluding hydrogens is 492 g/mol. The molecule has 0 radical (unpaired) electrons. The molecule has 0 aromatic carbocycles. The number of hydrogen-bond acceptors (Lipinski definition) is 8. The van der Waals surface area contributed by atoms with Crippen molar-refractivity contribution in [1.29, 1.82) is 0 Å². The van der Waals surface area contributed by atoms with E-state index in [9.17, 15) is 24.3 Å². The first kappa shape index (κ1) is 32.7. The molecule has 0 aliphatic rings. The lowest BCUT2D eigenvalue weighted by Crippen LogP contribution is -2.56. The number of aliphatic imine (C=N–C) groups is 2. The van der Waals surface area contributed by atoms with Gasteiger partial charge >= 0.3 is 5.97 Å². The first-order chi connectivity index (χ1) is 16.9. The number of carbonyl (C=O) groups excluding carboxylic acids is 3. The Morgan fingerprint density at radius 2 is 1.33 bits per heavy atom. The monoisotopic (exact) mass is 532 g/mol. The molecule has 0 aromatic rings. The van der Waals surface area contributed by atoms with Crippen molar-refractivity contribution in [2.75, 3.05) is 25.1 Å². The Hall–Kier alpha value is -3.27. The summed E-state index contributed by atoms with van der Waals surface area (Å²) in [6.45, 7) is 1.95. The molecule has 0 saturated heterocycles. The summed E-state index contributed by atoms with van der Waals surface area (Å²) in [6.07, 6.45) is 3.25. The number of carboxylic acids is 1. The predicted octanol–water partition coefficient (Wildman–Crippen LogP) is -3.27. The van der Waals surface area contributed by atoms with Crippen LogP contribution in [-0.2, 0) is 19.2 Å². The summed E-state index contributed by atoms with van der Waals surface area (Å²) >= 11 is 1.44. The lowest BCUT2D eigenvalue weighted by Gasteiger charge is -2.23. The molecule has 0 heterocycles. The van der Waals surface area contributed by atoms with Crippen molar-refractivity contribution in [2.45, 2.75) is 63.2 Å². The zero-order chi connectivity index (χ0) is 27.7. The first-order valence-corrected chi connectivity index (χ1v) is 12.8. The van der Waals surface area contributed by atoms with Crippen molar-refractivity contribution in [1.82, 2.24) is 16.0 Å². The molecule has 3 amide bonds. The van der Waals surface area contributed by atoms with Crippen LogP contribution in [0.15, 0.2) is 9.98 Å². The fourth-order valence-electron chi connectivity index (χ4n) is 2.87. The van der Waals surface area contributed by atoms with Gasteiger partial charge in [-0.2, -0.15) is 11.8 Å². The van der Waals surface area contributed by atoms with E-state index in [1.807, 2.05) is 6.26 Å². The molecule has 36 heavy (non-hydrogen) atoms. The third-order valence-corrected chi connectivity index (χ3v) is 5.50. The van der Waals surface area contributed by atoms with Crippen LogP contribution in [0.25, 0.3) is 0 Å². The molecule has 16 heteroatoms. The average Bonchev–Trinajstić information content (AvgIpc) is 2.80. The molecule has 0 aromatic heterocycles. The van der Waals surface area contributed by atoms with Crippen molar-refractivity contribution < 1.29 is 24.3 Å². The second-order valence-electron chi connectivity index (χ2n) is 7.98. The van der Waals surface area contributed by atoms with Gasteiger partial charge in [-0.25, -0.2) is 4.79 Å². The van der Waals surface area contributed by atoms with Crippen LogP contribution in [0.1, 0.15) is 39.0 Å². The van der Waals surface area contributed by atoms with Gasteiger partial charge in [0.1, 0.15) is 18.1 Å². The van der Waals surface area contributed by atoms with E-state index in [2.05, 4.69) is 25.9 Å². The average molecular weight is 533 g/mol. The first-order valence-electron chi connectivity index (χ1n) is 11.4. The highest BCUT2D eigenvalue weighted by Gasteiger charge is 2.28. The Labute approximate surface area is 214 Å². The molecular formula is C20H40N10O5S. The van der Waals surface area contributed by atoms with Crippen LogP contribution in [0.2, 0.25) is 0 Å². The minimum Gasteiger partial charge on any atom is -0.480 e. The minimum absolute atomic E-state index is 0.0610. The van der Waals surface area contributed by atoms with Crippen molar-refractivity contribution in [2.24, 2.45) is 38.7 Å². The van der Waals surface area contributed by atoms with Gasteiger partial charge in [-0.15, -0.1) is 0 Å². The topological polar surface area (TPSA) is 279 Å². The Balaban J connectivity index is 5.12. The molecule has 0 bridgehead atoms. The molecule has 14 N–H and O–H groups in total. The lowest BCUT2D eigenvalue weighted by atomic mass is 10.1. The summed E-state index contributed by atoms with van der Waals surface area (Å²) in [4.78, 5) is 57.0. The second kappa shape index (κ2) is 18.1. The normalized spacial score (nSPS) is 13.9. The van der Waals surface area contributed by atoms with Gasteiger partial charge in [0, 0.05) is 13.1 Å². The van der Waals surface area contributed by atoms with Crippen molar-refractivity contribution in [3.63, 3.8) is 0 Å². The number of nitrogens with one attached hydrogen (secondary N) is 3. The van der Waals surface area contributed by atoms with Crippen LogP contribution in [0.4, 0.5) is 0 Å². The van der Waals surface area contributed by atoms with E-state index in [1.165, 1.54) is 18.7 Å². The SMILES string of the molecule is CSCCC(NC(=O)C(CCCN=C(N)N)NC(=O)C(C)NC(=O)C(N)CCCN=C(N)N)C(=O)O. The summed E-state index contributed by atoms with van der Waals surface area (Å²) in [7, 11) is 0. The largest absolute Gasteiger partial charge is 0.480 e. The summed E-state index contributed by atoms with van der Waals surface area (Å²) in [5.41, 5.74) is 26.9. The molecule has 0 spiro atoms. The number of hydrogen-bond donors (Lipinski definition) is 9. The maximum absolute atomic E-state index is 12.8. The van der Waals surface area contributed by atoms with E-state index in [4.69, 9.17) is 28.7 Å². The number of rotatable bonds is 18. The number of carboxylic acid groups (broad SMARTS) is 1. The van der Waals surface area contributed by atoms with Gasteiger partial charge in [-0.05, 0) is 51.0 Å². The molecule has 4 atom stereocenters. The number of aliphatic carboxylic acids is 1. The standard InChI is InChI=1S/C20H40N10O5S/c1-11(28-16(32)12(21)5-3-8-26-19(22)23)15(31)29-13(6-4-9-27-20(24)25)17(33)30-14(18(34)35)7-10-36-2/h11-14H,3-10,21H2,1-2H3,(H,28,32)(H,29,31)(H,30,33)(H,34,35)(H4,22,23,26)(H4,24,25,27). The van der Waals surface area contributed by atoms with E-state index in [-0.39, 0.29) is 31.3 Å². The van der Waals surface area contributed by atoms with Crippen LogP contribution < -0.4 is 44.6 Å². The fraction of sp³-hybridized carbons (Fsp3) is 0.700. The van der Waals surface area contributed by atoms with E-state index < -0.39 is 47.9 Å². The van der Waals surface area contributed by atoms with Gasteiger partial charge in [0.05, 0.1) is 6.04 Å². The Kier molecular flexibility index (Phi) is 16.4. The number of guanidine groups is 2. The fourth-order valence-corrected chi connectivity index (χ4v) is 3.34. The smallest absolute Gasteiger partial charge is 0.326 e. The molecule has 0 rings (SSSR count). The van der Waals surface area contributed by atoms with E-state index in [1.54, 1.807) is 0 Å². The van der Waals surface area contributed by atoms with Gasteiger partial charge in [0.15, 0.2) is 11.9 Å². The zero-order valence-electron chi connectivity index (χ0n) is 20.7. The molecule has 15 nitrogen and oxygen atoms in total. The summed E-state index contributed by atoms with van der Waals surface area (Å²) in [6, 6.07) is -4.09. The maximum atomic E-state index is 12.8. The Bertz CT molecular complexity index is 787. The van der Waals surface area contributed by atoms with Crippen LogP contribution in [-0.4, -0.2) is 90.0 Å². The van der Waals surface area contributed by atoms with Gasteiger partial charge < -0.3 is 49.7 Å². The highest BCUT2D eigenvalue weighted by molar-refractivity contribution is 7.98. The molecule has 4 unspecified atom stereocenters. The minimum atomic E-state index is -1.18. The predicted molar refractivity (Wildman–Crippen MR) is 140 cm³/mol. The highest BCUT2D eigenvalue weighted by atomic mass is 32.2. The third-order valence-electron chi connectivity index (χ3n) is 4.86. The second-order valence-corrected chi connectivity index (χ2v) is 8.96. The zero-order valence-corrected chi connectivity index (χ0v) is 21.6. The molecule has 0 saturated carbocycles. The lowest BCUT2D eigenvalue weighted by molar-refractivity contribution is -0.142. The molecule has 0 aliphatic heterocycles. The quantitative estimate of drug-likeness (QED) is 0.0479. The van der Waals surface area contributed by atoms with Crippen LogP contribution in [0.3, 0.4) is 0 Å². The van der Waals surface area contributed by atoms with Crippen LogP contribution in [0, 0.1) is 0 Å². The van der Waals surface area contributed by atoms with Gasteiger partial charge in [0.25, 0.3) is 0 Å². The Morgan fingerprint density at radius 3 is 1.83 bits per heavy atom. The van der Waals surface area contributed by atoms with E-state index >= 15 is 0 Å². The van der Waals surface area contributed by atoms with E-state index in [0.717, 1.165) is 0 Å². The van der Waals surface area contributed by atoms with Gasteiger partial charge in [0.2, 0.25) is 17.7 Å². The van der Waals surface area contributed by atoms with Crippen molar-refractivity contribution >= 4 is 47.4 Å². The maximum Gasteiger partial charge on any atom is 0.326 e. The summed E-state index contributed by atoms with van der Waals surface area (Å²) in [5.74, 6) is -2.71. The highest BCUT2D eigenvalue weighted by Crippen LogP contribution is 2.05. The molecule has 0 aliphatic carbocycles. The van der Waals surface area contributed by atoms with Crippen LogP contribution >= 0.6 is 11.8 Å². The van der Waals surface area contributed by atoms with Crippen molar-refractivity contribution in [3.8, 4) is 0 Å². The number of nitrogens with two attached hydrogens (primary N) is 5. The van der Waals surface area contributed by atoms with Crippen molar-refractivity contribution in [3.05, 3.63) is 0 Å². The summed E-state index contributed by atoms with van der Waals surface area (Å²) < 4.78 is 0. The number of thioether (sulfide) groups is 1. The Morgan fingerprint density at radius 1 is 0.806 bits per heavy atom. The molecule has 0 fully saturated rings. The van der Waals surface area contributed by atoms with Crippen LogP contribution in [0.5, 0.6) is 0 Å². The number of nitrogens with zero attached hydrogens (tertiary/aromatic N) is 2. The van der Waals surface area contributed by atoms with E-state index in [0.29, 0.717) is 31.6 Å². The number of amides is 3. The number of carbonyl (C=O) groups is 4. The van der Waals surface area contributed by atoms with Gasteiger partial charge in [-0.1, -0.05) is 0 Å². The molecule has 206 valence electrons. The third kappa shape index (κ3) is 14.9. The summed E-state index contributed by atoms with van der Waals surface area (Å²) in [5, 5.41) is 16.9.